The van der Waals surface area contributed by atoms with Crippen LogP contribution in [0.4, 0.5) is 11.4 Å². The molecule has 0 saturated carbocycles. The predicted molar refractivity (Wildman–Crippen MR) is 83.4 cm³/mol. The van der Waals surface area contributed by atoms with Crippen LogP contribution < -0.4 is 10.6 Å². The number of nitrogen functional groups attached to an aromatic ring is 1. The lowest BCUT2D eigenvalue weighted by molar-refractivity contribution is 0.0601. The Labute approximate surface area is 124 Å². The van der Waals surface area contributed by atoms with Crippen molar-refractivity contribution in [3.05, 3.63) is 59.2 Å². The summed E-state index contributed by atoms with van der Waals surface area (Å²) in [4.78, 5) is 14.1. The molecule has 0 saturated heterocycles. The van der Waals surface area contributed by atoms with Crippen LogP contribution in [0.1, 0.15) is 21.5 Å². The van der Waals surface area contributed by atoms with Gasteiger partial charge in [0.05, 0.1) is 24.0 Å². The van der Waals surface area contributed by atoms with Gasteiger partial charge in [0.1, 0.15) is 0 Å². The molecule has 108 valence electrons. The normalized spacial score (nSPS) is 13.7. The third-order valence-corrected chi connectivity index (χ3v) is 3.92. The smallest absolute Gasteiger partial charge is 0.340 e. The second-order valence-corrected chi connectivity index (χ2v) is 5.18. The first-order valence-electron chi connectivity index (χ1n) is 6.99. The number of hydrogen-bond donors (Lipinski definition) is 1. The number of hydrogen-bond acceptors (Lipinski definition) is 4. The molecular formula is C17H18N2O2. The van der Waals surface area contributed by atoms with Crippen LogP contribution in [0, 0.1) is 0 Å². The number of esters is 1. The topological polar surface area (TPSA) is 55.6 Å². The maximum Gasteiger partial charge on any atom is 0.340 e. The monoisotopic (exact) mass is 282 g/mol. The Kier molecular flexibility index (Phi) is 3.52. The van der Waals surface area contributed by atoms with Crippen LogP contribution in [0.25, 0.3) is 0 Å². The number of nitrogens with zero attached hydrogens (tertiary/aromatic N) is 1. The van der Waals surface area contributed by atoms with Crippen molar-refractivity contribution >= 4 is 17.3 Å². The molecule has 2 N–H and O–H groups in total. The second-order valence-electron chi connectivity index (χ2n) is 5.18. The van der Waals surface area contributed by atoms with Gasteiger partial charge in [-0.1, -0.05) is 30.3 Å². The number of para-hydroxylation sites is 1. The van der Waals surface area contributed by atoms with Crippen molar-refractivity contribution < 1.29 is 9.53 Å². The number of carbonyl (C=O) groups is 1. The number of rotatable bonds is 2. The average Bonchev–Trinajstić information content (AvgIpc) is 2.53. The largest absolute Gasteiger partial charge is 0.465 e. The summed E-state index contributed by atoms with van der Waals surface area (Å²) in [5.41, 5.74) is 10.7. The Balaban J connectivity index is 2.00. The predicted octanol–water partition coefficient (Wildman–Crippen LogP) is 2.62. The molecule has 0 atom stereocenters. The van der Waals surface area contributed by atoms with Gasteiger partial charge in [-0.15, -0.1) is 0 Å². The Morgan fingerprint density at radius 3 is 2.67 bits per heavy atom. The maximum absolute atomic E-state index is 12.0. The summed E-state index contributed by atoms with van der Waals surface area (Å²) in [5, 5.41) is 0. The van der Waals surface area contributed by atoms with Gasteiger partial charge >= 0.3 is 5.97 Å². The molecule has 1 aliphatic rings. The number of nitrogens with two attached hydrogens (primary N) is 1. The zero-order chi connectivity index (χ0) is 14.8. The summed E-state index contributed by atoms with van der Waals surface area (Å²) in [5.74, 6) is -0.351. The minimum atomic E-state index is -0.351. The molecule has 0 aliphatic carbocycles. The van der Waals surface area contributed by atoms with Crippen molar-refractivity contribution in [3.8, 4) is 0 Å². The Morgan fingerprint density at radius 2 is 1.90 bits per heavy atom. The third kappa shape index (κ3) is 2.44. The molecule has 21 heavy (non-hydrogen) atoms. The van der Waals surface area contributed by atoms with Gasteiger partial charge in [0.25, 0.3) is 0 Å². The Hall–Kier alpha value is -2.49. The third-order valence-electron chi connectivity index (χ3n) is 3.92. The molecule has 3 rings (SSSR count). The fraction of sp³-hybridized carbons (Fsp3) is 0.235. The van der Waals surface area contributed by atoms with Crippen LogP contribution in [0.2, 0.25) is 0 Å². The molecule has 0 amide bonds. The fourth-order valence-electron chi connectivity index (χ4n) is 2.88. The van der Waals surface area contributed by atoms with Crippen molar-refractivity contribution in [2.24, 2.45) is 0 Å². The number of methoxy groups -OCH3 is 1. The van der Waals surface area contributed by atoms with E-state index in [1.54, 1.807) is 12.1 Å². The molecular weight excluding hydrogens is 264 g/mol. The van der Waals surface area contributed by atoms with Gasteiger partial charge in [-0.3, -0.25) is 0 Å². The number of ether oxygens (including phenoxy) is 1. The zero-order valence-corrected chi connectivity index (χ0v) is 12.0. The fourth-order valence-corrected chi connectivity index (χ4v) is 2.88. The summed E-state index contributed by atoms with van der Waals surface area (Å²) in [7, 11) is 1.39. The standard InChI is InChI=1S/C17H18N2O2/c1-21-17(20)14-7-4-8-15(18)16(14)19-10-9-12-5-2-3-6-13(12)11-19/h2-8H,9-11,18H2,1H3. The van der Waals surface area contributed by atoms with E-state index in [1.807, 2.05) is 12.1 Å². The number of fused-ring (bicyclic) bond motifs is 1. The maximum atomic E-state index is 12.0. The van der Waals surface area contributed by atoms with E-state index < -0.39 is 0 Å². The van der Waals surface area contributed by atoms with E-state index in [1.165, 1.54) is 18.2 Å². The first-order valence-corrected chi connectivity index (χ1v) is 6.99. The molecule has 4 heteroatoms. The lowest BCUT2D eigenvalue weighted by Gasteiger charge is -2.32. The van der Waals surface area contributed by atoms with E-state index in [0.717, 1.165) is 25.2 Å². The molecule has 0 bridgehead atoms. The van der Waals surface area contributed by atoms with Crippen molar-refractivity contribution in [1.29, 1.82) is 0 Å². The zero-order valence-electron chi connectivity index (χ0n) is 12.0. The number of carbonyl (C=O) groups excluding carboxylic acids is 1. The summed E-state index contributed by atoms with van der Waals surface area (Å²) in [6.07, 6.45) is 0.950. The molecule has 4 nitrogen and oxygen atoms in total. The van der Waals surface area contributed by atoms with E-state index in [9.17, 15) is 4.79 Å². The van der Waals surface area contributed by atoms with E-state index in [0.29, 0.717) is 11.3 Å². The number of anilines is 2. The molecule has 0 radical (unpaired) electrons. The summed E-state index contributed by atoms with van der Waals surface area (Å²) < 4.78 is 4.87. The van der Waals surface area contributed by atoms with E-state index >= 15 is 0 Å². The van der Waals surface area contributed by atoms with Crippen molar-refractivity contribution in [2.75, 3.05) is 24.3 Å². The highest BCUT2D eigenvalue weighted by Gasteiger charge is 2.23. The van der Waals surface area contributed by atoms with Crippen LogP contribution in [0.5, 0.6) is 0 Å². The Bertz CT molecular complexity index is 682. The van der Waals surface area contributed by atoms with Crippen molar-refractivity contribution in [2.45, 2.75) is 13.0 Å². The lowest BCUT2D eigenvalue weighted by Crippen LogP contribution is -2.32. The van der Waals surface area contributed by atoms with E-state index in [2.05, 4.69) is 23.1 Å². The molecule has 0 aromatic heterocycles. The van der Waals surface area contributed by atoms with Crippen LogP contribution in [-0.4, -0.2) is 19.6 Å². The van der Waals surface area contributed by atoms with Gasteiger partial charge in [-0.2, -0.15) is 0 Å². The molecule has 0 fully saturated rings. The SMILES string of the molecule is COC(=O)c1cccc(N)c1N1CCc2ccccc2C1. The molecule has 2 aromatic rings. The summed E-state index contributed by atoms with van der Waals surface area (Å²) in [6.45, 7) is 1.60. The van der Waals surface area contributed by atoms with Crippen LogP contribution in [0.15, 0.2) is 42.5 Å². The molecule has 0 unspecified atom stereocenters. The van der Waals surface area contributed by atoms with Crippen molar-refractivity contribution in [3.63, 3.8) is 0 Å². The average molecular weight is 282 g/mol. The highest BCUT2D eigenvalue weighted by molar-refractivity contribution is 5.99. The van der Waals surface area contributed by atoms with Crippen LogP contribution in [-0.2, 0) is 17.7 Å². The minimum Gasteiger partial charge on any atom is -0.465 e. The van der Waals surface area contributed by atoms with Gasteiger partial charge in [-0.05, 0) is 29.7 Å². The Morgan fingerprint density at radius 1 is 1.14 bits per heavy atom. The van der Waals surface area contributed by atoms with Gasteiger partial charge in [0.15, 0.2) is 0 Å². The van der Waals surface area contributed by atoms with Crippen LogP contribution in [0.3, 0.4) is 0 Å². The first-order chi connectivity index (χ1) is 10.2. The van der Waals surface area contributed by atoms with Gasteiger partial charge in [0, 0.05) is 13.1 Å². The van der Waals surface area contributed by atoms with Gasteiger partial charge < -0.3 is 15.4 Å². The summed E-state index contributed by atoms with van der Waals surface area (Å²) in [6, 6.07) is 13.7. The first kappa shape index (κ1) is 13.5. The minimum absolute atomic E-state index is 0.351. The summed E-state index contributed by atoms with van der Waals surface area (Å²) >= 11 is 0. The van der Waals surface area contributed by atoms with Crippen molar-refractivity contribution in [1.82, 2.24) is 0 Å². The molecule has 0 spiro atoms. The lowest BCUT2D eigenvalue weighted by atomic mass is 9.98. The second kappa shape index (κ2) is 5.48. The molecule has 2 aromatic carbocycles. The molecule has 1 aliphatic heterocycles. The van der Waals surface area contributed by atoms with Gasteiger partial charge in [-0.25, -0.2) is 4.79 Å². The van der Waals surface area contributed by atoms with E-state index in [-0.39, 0.29) is 5.97 Å². The van der Waals surface area contributed by atoms with Crippen LogP contribution >= 0.6 is 0 Å². The quantitative estimate of drug-likeness (QED) is 0.679. The highest BCUT2D eigenvalue weighted by atomic mass is 16.5. The number of benzene rings is 2. The van der Waals surface area contributed by atoms with Gasteiger partial charge in [0.2, 0.25) is 0 Å². The van der Waals surface area contributed by atoms with E-state index in [4.69, 9.17) is 10.5 Å². The molecule has 1 heterocycles. The highest BCUT2D eigenvalue weighted by Crippen LogP contribution is 2.32.